The number of ether oxygens (including phenoxy) is 1. The molecule has 5 fully saturated rings. The molecule has 1 heterocycles. The molecule has 0 bridgehead atoms. The van der Waals surface area contributed by atoms with Crippen molar-refractivity contribution in [2.24, 2.45) is 41.4 Å². The number of fused-ring (bicyclic) bond motifs is 4. The van der Waals surface area contributed by atoms with E-state index < -0.39 is 11.6 Å². The molecule has 0 aromatic carbocycles. The molecule has 9 unspecified atom stereocenters. The van der Waals surface area contributed by atoms with Crippen molar-refractivity contribution in [3.05, 3.63) is 11.6 Å². The summed E-state index contributed by atoms with van der Waals surface area (Å²) in [5, 5.41) is 21.3. The van der Waals surface area contributed by atoms with E-state index in [0.29, 0.717) is 5.92 Å². The summed E-state index contributed by atoms with van der Waals surface area (Å²) >= 11 is 0. The molecule has 23 heavy (non-hydrogen) atoms. The van der Waals surface area contributed by atoms with Crippen molar-refractivity contribution in [3.8, 4) is 0 Å². The van der Waals surface area contributed by atoms with E-state index in [1.165, 1.54) is 50.5 Å². The maximum Gasteiger partial charge on any atom is 0.244 e. The molecule has 3 nitrogen and oxygen atoms in total. The van der Waals surface area contributed by atoms with Crippen LogP contribution in [-0.4, -0.2) is 21.8 Å². The van der Waals surface area contributed by atoms with Crippen molar-refractivity contribution < 1.29 is 14.9 Å². The highest BCUT2D eigenvalue weighted by Gasteiger charge is 2.77. The quantitative estimate of drug-likeness (QED) is 0.533. The Kier molecular flexibility index (Phi) is 2.55. The van der Waals surface area contributed by atoms with E-state index in [1.54, 1.807) is 0 Å². The second-order valence-electron chi connectivity index (χ2n) is 9.41. The third kappa shape index (κ3) is 1.58. The van der Waals surface area contributed by atoms with Gasteiger partial charge in [-0.2, -0.15) is 0 Å². The Balaban J connectivity index is 1.42. The van der Waals surface area contributed by atoms with Gasteiger partial charge in [0, 0.05) is 5.92 Å². The first-order valence-electron chi connectivity index (χ1n) is 9.97. The van der Waals surface area contributed by atoms with Gasteiger partial charge < -0.3 is 14.9 Å². The Morgan fingerprint density at radius 1 is 0.957 bits per heavy atom. The first kappa shape index (κ1) is 13.9. The van der Waals surface area contributed by atoms with Crippen LogP contribution in [0.15, 0.2) is 11.6 Å². The molecule has 4 saturated carbocycles. The van der Waals surface area contributed by atoms with Crippen molar-refractivity contribution in [1.82, 2.24) is 0 Å². The van der Waals surface area contributed by atoms with E-state index in [9.17, 15) is 10.2 Å². The van der Waals surface area contributed by atoms with Gasteiger partial charge in [-0.25, -0.2) is 0 Å². The van der Waals surface area contributed by atoms with Gasteiger partial charge in [-0.1, -0.05) is 24.8 Å². The van der Waals surface area contributed by atoms with E-state index in [2.05, 4.69) is 0 Å². The Bertz CT molecular complexity index is 585. The average Bonchev–Trinajstić information content (AvgIpc) is 3.14. The number of allylic oxidation sites excluding steroid dienone is 1. The summed E-state index contributed by atoms with van der Waals surface area (Å²) in [5.74, 6) is 2.42. The topological polar surface area (TPSA) is 53.0 Å². The summed E-state index contributed by atoms with van der Waals surface area (Å²) in [6.45, 7) is 0. The summed E-state index contributed by atoms with van der Waals surface area (Å²) in [7, 11) is 0. The lowest BCUT2D eigenvalue weighted by Gasteiger charge is -2.59. The predicted octanol–water partition coefficient (Wildman–Crippen LogP) is 3.21. The van der Waals surface area contributed by atoms with Crippen LogP contribution in [0.4, 0.5) is 0 Å². The minimum atomic E-state index is -1.36. The number of rotatable bonds is 0. The minimum Gasteiger partial charge on any atom is -0.361 e. The van der Waals surface area contributed by atoms with E-state index in [0.717, 1.165) is 42.4 Å². The van der Waals surface area contributed by atoms with E-state index in [-0.39, 0.29) is 5.92 Å². The SMILES string of the molecule is OC12C=C3CCC4CC5CCCCC5C5CCC(C3C45)C1(O)O2. The van der Waals surface area contributed by atoms with Crippen LogP contribution in [0.25, 0.3) is 0 Å². The second-order valence-corrected chi connectivity index (χ2v) is 9.41. The number of aliphatic hydroxyl groups is 2. The van der Waals surface area contributed by atoms with Crippen molar-refractivity contribution in [3.63, 3.8) is 0 Å². The van der Waals surface area contributed by atoms with Gasteiger partial charge in [-0.3, -0.25) is 0 Å². The molecule has 0 radical (unpaired) electrons. The van der Waals surface area contributed by atoms with Gasteiger partial charge in [0.15, 0.2) is 0 Å². The third-order valence-corrected chi connectivity index (χ3v) is 8.72. The number of hydrogen-bond acceptors (Lipinski definition) is 3. The van der Waals surface area contributed by atoms with Crippen LogP contribution < -0.4 is 0 Å². The molecule has 3 heteroatoms. The summed E-state index contributed by atoms with van der Waals surface area (Å²) in [6, 6.07) is 0. The molecular weight excluding hydrogens is 288 g/mol. The lowest BCUT2D eigenvalue weighted by molar-refractivity contribution is -0.130. The first-order chi connectivity index (χ1) is 11.1. The zero-order valence-electron chi connectivity index (χ0n) is 13.8. The maximum absolute atomic E-state index is 10.8. The molecule has 5 aliphatic carbocycles. The lowest BCUT2D eigenvalue weighted by atomic mass is 9.45. The summed E-state index contributed by atoms with van der Waals surface area (Å²) < 4.78 is 5.49. The van der Waals surface area contributed by atoms with Gasteiger partial charge in [0.05, 0.1) is 0 Å². The largest absolute Gasteiger partial charge is 0.361 e. The summed E-state index contributed by atoms with van der Waals surface area (Å²) in [6.07, 6.45) is 13.8. The number of hydrogen-bond donors (Lipinski definition) is 2. The van der Waals surface area contributed by atoms with Gasteiger partial charge >= 0.3 is 0 Å². The third-order valence-electron chi connectivity index (χ3n) is 8.72. The lowest BCUT2D eigenvalue weighted by Crippen LogP contribution is -2.56. The summed E-state index contributed by atoms with van der Waals surface area (Å²) in [5.41, 5.74) is 1.42. The van der Waals surface area contributed by atoms with Gasteiger partial charge in [0.25, 0.3) is 0 Å². The molecule has 0 amide bonds. The Morgan fingerprint density at radius 2 is 1.83 bits per heavy atom. The van der Waals surface area contributed by atoms with E-state index in [4.69, 9.17) is 4.74 Å². The first-order valence-corrected chi connectivity index (χ1v) is 9.97. The van der Waals surface area contributed by atoms with E-state index >= 15 is 0 Å². The smallest absolute Gasteiger partial charge is 0.244 e. The molecule has 6 rings (SSSR count). The fraction of sp³-hybridized carbons (Fsp3) is 0.900. The molecule has 2 N–H and O–H groups in total. The molecule has 0 spiro atoms. The van der Waals surface area contributed by atoms with Crippen LogP contribution in [0.1, 0.15) is 57.8 Å². The van der Waals surface area contributed by atoms with Crippen LogP contribution in [0.2, 0.25) is 0 Å². The summed E-state index contributed by atoms with van der Waals surface area (Å²) in [4.78, 5) is 0. The Hall–Kier alpha value is -0.380. The van der Waals surface area contributed by atoms with Crippen LogP contribution >= 0.6 is 0 Å². The van der Waals surface area contributed by atoms with Crippen molar-refractivity contribution in [2.75, 3.05) is 0 Å². The molecule has 1 aliphatic heterocycles. The van der Waals surface area contributed by atoms with Crippen LogP contribution in [0.5, 0.6) is 0 Å². The van der Waals surface area contributed by atoms with Gasteiger partial charge in [0.1, 0.15) is 0 Å². The standard InChI is InChI=1S/C20H28O3/c21-19-10-13-6-5-12-9-11-3-1-2-4-14(11)15-7-8-16(18(13)17(12)15)20(19,22)23-19/h10-12,14-18,21-22H,1-9H2. The fourth-order valence-corrected chi connectivity index (χ4v) is 7.94. The molecule has 1 saturated heterocycles. The predicted molar refractivity (Wildman–Crippen MR) is 85.1 cm³/mol. The molecule has 9 atom stereocenters. The zero-order chi connectivity index (χ0) is 15.4. The highest BCUT2D eigenvalue weighted by Crippen LogP contribution is 2.69. The van der Waals surface area contributed by atoms with Crippen molar-refractivity contribution in [2.45, 2.75) is 69.4 Å². The Labute approximate surface area is 138 Å². The zero-order valence-corrected chi connectivity index (χ0v) is 13.8. The van der Waals surface area contributed by atoms with Gasteiger partial charge in [-0.15, -0.1) is 0 Å². The van der Waals surface area contributed by atoms with Gasteiger partial charge in [0.2, 0.25) is 11.6 Å². The molecule has 0 aromatic rings. The minimum absolute atomic E-state index is 0.136. The van der Waals surface area contributed by atoms with Crippen molar-refractivity contribution in [1.29, 1.82) is 0 Å². The van der Waals surface area contributed by atoms with Gasteiger partial charge in [-0.05, 0) is 80.1 Å². The maximum atomic E-state index is 10.8. The highest BCUT2D eigenvalue weighted by atomic mass is 16.8. The second kappa shape index (κ2) is 4.23. The van der Waals surface area contributed by atoms with Crippen molar-refractivity contribution >= 4 is 0 Å². The fourth-order valence-electron chi connectivity index (χ4n) is 7.94. The normalized spacial score (nSPS) is 62.5. The van der Waals surface area contributed by atoms with Crippen LogP contribution in [0.3, 0.4) is 0 Å². The Morgan fingerprint density at radius 3 is 2.74 bits per heavy atom. The molecule has 126 valence electrons. The number of epoxide rings is 1. The molecule has 0 aromatic heterocycles. The monoisotopic (exact) mass is 316 g/mol. The highest BCUT2D eigenvalue weighted by molar-refractivity contribution is 5.33. The van der Waals surface area contributed by atoms with E-state index in [1.807, 2.05) is 6.08 Å². The van der Waals surface area contributed by atoms with Crippen LogP contribution in [-0.2, 0) is 4.74 Å². The van der Waals surface area contributed by atoms with Crippen LogP contribution in [0, 0.1) is 41.4 Å². The average molecular weight is 316 g/mol. The molecule has 6 aliphatic rings. The molecular formula is C20H28O3.